The van der Waals surface area contributed by atoms with E-state index < -0.39 is 30.3 Å². The topological polar surface area (TPSA) is 62.1 Å². The molecule has 0 bridgehead atoms. The molecule has 0 radical (unpaired) electrons. The average Bonchev–Trinajstić information content (AvgIpc) is 2.86. The van der Waals surface area contributed by atoms with Crippen LogP contribution in [-0.2, 0) is 4.79 Å². The zero-order valence-corrected chi connectivity index (χ0v) is 14.8. The van der Waals surface area contributed by atoms with Crippen LogP contribution in [0.3, 0.4) is 0 Å². The van der Waals surface area contributed by atoms with Crippen molar-refractivity contribution < 1.29 is 27.8 Å². The van der Waals surface area contributed by atoms with E-state index in [1.807, 2.05) is 0 Å². The summed E-state index contributed by atoms with van der Waals surface area (Å²) in [5.74, 6) is -2.04. The Morgan fingerprint density at radius 3 is 2.81 bits per heavy atom. The van der Waals surface area contributed by atoms with Gasteiger partial charge in [0.1, 0.15) is 5.75 Å². The van der Waals surface area contributed by atoms with Crippen molar-refractivity contribution in [1.82, 2.24) is 5.01 Å². The van der Waals surface area contributed by atoms with Gasteiger partial charge < -0.3 is 9.84 Å². The number of aliphatic hydroxyl groups is 1. The van der Waals surface area contributed by atoms with Crippen LogP contribution in [0.15, 0.2) is 23.3 Å². The van der Waals surface area contributed by atoms with Crippen LogP contribution in [0.2, 0.25) is 5.02 Å². The molecular weight excluding hydrogens is 373 g/mol. The highest BCUT2D eigenvalue weighted by atomic mass is 35.5. The third-order valence-electron chi connectivity index (χ3n) is 4.65. The number of nitrogens with zero attached hydrogens (tertiary/aromatic N) is 2. The molecule has 1 N–H and O–H groups in total. The highest BCUT2D eigenvalue weighted by Gasteiger charge is 2.68. The van der Waals surface area contributed by atoms with Crippen molar-refractivity contribution in [1.29, 1.82) is 0 Å². The summed E-state index contributed by atoms with van der Waals surface area (Å²) >= 11 is 5.89. The van der Waals surface area contributed by atoms with Gasteiger partial charge in [-0.1, -0.05) is 18.0 Å². The number of aryl methyl sites for hydroxylation is 1. The number of carbonyl (C=O) groups excluding carboxylic acids is 1. The number of hydrogen-bond acceptors (Lipinski definition) is 4. The lowest BCUT2D eigenvalue weighted by molar-refractivity contribution is -0.317. The molecule has 0 spiro atoms. The predicted molar refractivity (Wildman–Crippen MR) is 88.9 cm³/mol. The van der Waals surface area contributed by atoms with E-state index in [9.17, 15) is 23.1 Å². The average molecular weight is 391 g/mol. The van der Waals surface area contributed by atoms with Crippen molar-refractivity contribution in [3.05, 3.63) is 28.8 Å². The summed E-state index contributed by atoms with van der Waals surface area (Å²) in [5, 5.41) is 14.8. The third kappa shape index (κ3) is 3.27. The van der Waals surface area contributed by atoms with Crippen molar-refractivity contribution in [2.45, 2.75) is 44.5 Å². The normalized spacial score (nSPS) is 25.7. The van der Waals surface area contributed by atoms with Crippen LogP contribution in [0, 0.1) is 12.8 Å². The molecule has 1 saturated carbocycles. The molecule has 1 aliphatic heterocycles. The highest BCUT2D eigenvalue weighted by molar-refractivity contribution is 6.30. The summed E-state index contributed by atoms with van der Waals surface area (Å²) in [7, 11) is 0. The molecule has 0 unspecified atom stereocenters. The number of halogens is 4. The second-order valence-electron chi connectivity index (χ2n) is 6.57. The Morgan fingerprint density at radius 1 is 1.42 bits per heavy atom. The molecule has 0 saturated heterocycles. The zero-order valence-electron chi connectivity index (χ0n) is 14.0. The smallest absolute Gasteiger partial charge is 0.439 e. The lowest BCUT2D eigenvalue weighted by Gasteiger charge is -2.38. The van der Waals surface area contributed by atoms with Crippen molar-refractivity contribution in [2.24, 2.45) is 11.0 Å². The Hall–Kier alpha value is -1.80. The molecule has 2 aliphatic rings. The first-order valence-electron chi connectivity index (χ1n) is 8.22. The second kappa shape index (κ2) is 6.74. The van der Waals surface area contributed by atoms with E-state index in [-0.39, 0.29) is 22.9 Å². The molecule has 1 aromatic carbocycles. The number of hydrazone groups is 1. The van der Waals surface area contributed by atoms with Gasteiger partial charge in [-0.3, -0.25) is 4.79 Å². The van der Waals surface area contributed by atoms with Crippen LogP contribution in [0.5, 0.6) is 5.75 Å². The van der Waals surface area contributed by atoms with Gasteiger partial charge in [-0.05, 0) is 49.9 Å². The molecule has 2 atom stereocenters. The number of carbonyl (C=O) groups is 1. The summed E-state index contributed by atoms with van der Waals surface area (Å²) in [5.41, 5.74) is -2.34. The Morgan fingerprint density at radius 2 is 2.15 bits per heavy atom. The van der Waals surface area contributed by atoms with Gasteiger partial charge in [0.05, 0.1) is 5.92 Å². The minimum Gasteiger partial charge on any atom is -0.484 e. The molecule has 26 heavy (non-hydrogen) atoms. The number of ether oxygens (including phenoxy) is 1. The number of amides is 1. The van der Waals surface area contributed by atoms with Gasteiger partial charge in [0.25, 0.3) is 11.6 Å². The second-order valence-corrected chi connectivity index (χ2v) is 7.01. The number of alkyl halides is 3. The largest absolute Gasteiger partial charge is 0.484 e. The fraction of sp³-hybridized carbons (Fsp3) is 0.529. The van der Waals surface area contributed by atoms with E-state index in [0.29, 0.717) is 24.3 Å². The van der Waals surface area contributed by atoms with Crippen LogP contribution in [0.25, 0.3) is 0 Å². The summed E-state index contributed by atoms with van der Waals surface area (Å²) in [4.78, 5) is 12.4. The van der Waals surface area contributed by atoms with Gasteiger partial charge in [-0.15, -0.1) is 0 Å². The molecular formula is C17H18ClF3N2O3. The van der Waals surface area contributed by atoms with Crippen LogP contribution in [0.4, 0.5) is 13.2 Å². The summed E-state index contributed by atoms with van der Waals surface area (Å²) in [6.07, 6.45) is -3.33. The summed E-state index contributed by atoms with van der Waals surface area (Å²) in [6, 6.07) is 4.73. The molecule has 0 aromatic heterocycles. The first kappa shape index (κ1) is 19.0. The zero-order chi connectivity index (χ0) is 19.1. The Labute approximate surface area is 153 Å². The molecule has 1 amide bonds. The van der Waals surface area contributed by atoms with Gasteiger partial charge in [0.2, 0.25) is 0 Å². The summed E-state index contributed by atoms with van der Waals surface area (Å²) < 4.78 is 46.1. The third-order valence-corrected chi connectivity index (χ3v) is 4.86. The maximum absolute atomic E-state index is 13.6. The molecule has 1 fully saturated rings. The molecule has 142 valence electrons. The molecule has 1 heterocycles. The van der Waals surface area contributed by atoms with Gasteiger partial charge in [-0.2, -0.15) is 23.3 Å². The Balaban J connectivity index is 1.81. The van der Waals surface area contributed by atoms with Crippen molar-refractivity contribution in [2.75, 3.05) is 6.61 Å². The van der Waals surface area contributed by atoms with E-state index >= 15 is 0 Å². The molecule has 3 rings (SSSR count). The van der Waals surface area contributed by atoms with Crippen LogP contribution < -0.4 is 4.74 Å². The van der Waals surface area contributed by atoms with E-state index in [0.717, 1.165) is 5.56 Å². The lowest BCUT2D eigenvalue weighted by Crippen LogP contribution is -2.62. The maximum atomic E-state index is 13.6. The van der Waals surface area contributed by atoms with E-state index in [4.69, 9.17) is 16.3 Å². The van der Waals surface area contributed by atoms with Gasteiger partial charge in [0.15, 0.2) is 6.61 Å². The Kier molecular flexibility index (Phi) is 4.92. The quantitative estimate of drug-likeness (QED) is 0.856. The van der Waals surface area contributed by atoms with E-state index in [1.54, 1.807) is 19.1 Å². The molecule has 1 aromatic rings. The minimum atomic E-state index is -5.03. The van der Waals surface area contributed by atoms with Gasteiger partial charge >= 0.3 is 6.18 Å². The Bertz CT molecular complexity index is 733. The minimum absolute atomic E-state index is 0.132. The molecule has 5 nitrogen and oxygen atoms in total. The maximum Gasteiger partial charge on any atom is 0.439 e. The van der Waals surface area contributed by atoms with Crippen LogP contribution in [0.1, 0.15) is 31.2 Å². The fourth-order valence-corrected chi connectivity index (χ4v) is 3.74. The van der Waals surface area contributed by atoms with E-state index in [1.165, 1.54) is 6.07 Å². The fourth-order valence-electron chi connectivity index (χ4n) is 3.46. The SMILES string of the molecule is Cc1cc(Cl)cc(OCC(=O)N2N=C3CCCC[C@H]3[C@@]2(O)C(F)(F)F)c1. The van der Waals surface area contributed by atoms with Crippen molar-refractivity contribution >= 4 is 23.2 Å². The van der Waals surface area contributed by atoms with E-state index in [2.05, 4.69) is 5.10 Å². The summed E-state index contributed by atoms with van der Waals surface area (Å²) in [6.45, 7) is 1.07. The number of benzene rings is 1. The van der Waals surface area contributed by atoms with Gasteiger partial charge in [0, 0.05) is 10.7 Å². The highest BCUT2D eigenvalue weighted by Crippen LogP contribution is 2.48. The van der Waals surface area contributed by atoms with Gasteiger partial charge in [-0.25, -0.2) is 0 Å². The monoisotopic (exact) mass is 390 g/mol. The molecule has 9 heteroatoms. The predicted octanol–water partition coefficient (Wildman–Crippen LogP) is 3.67. The van der Waals surface area contributed by atoms with Crippen molar-refractivity contribution in [3.8, 4) is 5.75 Å². The van der Waals surface area contributed by atoms with Crippen LogP contribution in [-0.4, -0.2) is 40.2 Å². The molecule has 1 aliphatic carbocycles. The van der Waals surface area contributed by atoms with Crippen LogP contribution >= 0.6 is 11.6 Å². The first-order chi connectivity index (χ1) is 12.1. The lowest BCUT2D eigenvalue weighted by atomic mass is 9.80. The first-order valence-corrected chi connectivity index (χ1v) is 8.60. The van der Waals surface area contributed by atoms with Crippen molar-refractivity contribution in [3.63, 3.8) is 0 Å². The number of rotatable bonds is 3. The number of fused-ring (bicyclic) bond motifs is 1. The number of hydrogen-bond donors (Lipinski definition) is 1. The standard InChI is InChI=1S/C17H18ClF3N2O3/c1-10-6-11(18)8-12(7-10)26-9-15(24)23-16(25,17(19,20)21)13-4-2-3-5-14(13)22-23/h6-8,13,25H,2-5,9H2,1H3/t13-,16-/m1/s1.